The highest BCUT2D eigenvalue weighted by Gasteiger charge is 2.32. The second-order valence-corrected chi connectivity index (χ2v) is 5.07. The fourth-order valence-corrected chi connectivity index (χ4v) is 2.26. The average molecular weight is 297 g/mol. The normalized spacial score (nSPS) is 13.4. The van der Waals surface area contributed by atoms with Crippen LogP contribution in [0.4, 0.5) is 13.2 Å². The SMILES string of the molecule is Cc1c(C(C)NCc2ccccc2C(F)(F)F)cnn1C. The maximum atomic E-state index is 12.9. The van der Waals surface area contributed by atoms with Crippen molar-refractivity contribution in [1.82, 2.24) is 15.1 Å². The van der Waals surface area contributed by atoms with E-state index >= 15 is 0 Å². The van der Waals surface area contributed by atoms with E-state index < -0.39 is 11.7 Å². The fraction of sp³-hybridized carbons (Fsp3) is 0.400. The summed E-state index contributed by atoms with van der Waals surface area (Å²) in [7, 11) is 1.84. The first kappa shape index (κ1) is 15.6. The van der Waals surface area contributed by atoms with Gasteiger partial charge in [0.05, 0.1) is 11.8 Å². The minimum Gasteiger partial charge on any atom is -0.306 e. The first-order chi connectivity index (χ1) is 9.80. The molecule has 114 valence electrons. The molecule has 3 nitrogen and oxygen atoms in total. The standard InChI is InChI=1S/C15H18F3N3/c1-10(13-9-20-21(3)11(13)2)19-8-12-6-4-5-7-14(12)15(16,17)18/h4-7,9-10,19H,8H2,1-3H3. The number of benzene rings is 1. The van der Waals surface area contributed by atoms with E-state index in [2.05, 4.69) is 10.4 Å². The predicted molar refractivity (Wildman–Crippen MR) is 74.6 cm³/mol. The number of nitrogens with zero attached hydrogens (tertiary/aromatic N) is 2. The smallest absolute Gasteiger partial charge is 0.306 e. The van der Waals surface area contributed by atoms with Crippen LogP contribution in [-0.4, -0.2) is 9.78 Å². The summed E-state index contributed by atoms with van der Waals surface area (Å²) in [6, 6.07) is 5.56. The Labute approximate surface area is 121 Å². The summed E-state index contributed by atoms with van der Waals surface area (Å²) in [5, 5.41) is 7.27. The molecule has 0 aliphatic carbocycles. The summed E-state index contributed by atoms with van der Waals surface area (Å²) in [6.07, 6.45) is -2.59. The number of nitrogens with one attached hydrogen (secondary N) is 1. The van der Waals surface area contributed by atoms with Crippen LogP contribution >= 0.6 is 0 Å². The molecule has 2 aromatic rings. The van der Waals surface area contributed by atoms with Gasteiger partial charge in [-0.05, 0) is 25.5 Å². The first-order valence-electron chi connectivity index (χ1n) is 6.67. The number of halogens is 3. The van der Waals surface area contributed by atoms with E-state index in [1.165, 1.54) is 12.1 Å². The number of aromatic nitrogens is 2. The number of rotatable bonds is 4. The first-order valence-corrected chi connectivity index (χ1v) is 6.67. The molecule has 0 amide bonds. The van der Waals surface area contributed by atoms with Crippen LogP contribution in [0.1, 0.15) is 35.3 Å². The lowest BCUT2D eigenvalue weighted by Crippen LogP contribution is -2.21. The van der Waals surface area contributed by atoms with Gasteiger partial charge in [-0.2, -0.15) is 18.3 Å². The van der Waals surface area contributed by atoms with Gasteiger partial charge >= 0.3 is 6.18 Å². The number of hydrogen-bond donors (Lipinski definition) is 1. The maximum Gasteiger partial charge on any atom is 0.416 e. The van der Waals surface area contributed by atoms with Gasteiger partial charge in [0.15, 0.2) is 0 Å². The molecule has 6 heteroatoms. The zero-order chi connectivity index (χ0) is 15.6. The Kier molecular flexibility index (Phi) is 4.37. The van der Waals surface area contributed by atoms with Crippen LogP contribution in [0.15, 0.2) is 30.5 Å². The molecular formula is C15H18F3N3. The minimum atomic E-state index is -4.33. The van der Waals surface area contributed by atoms with Gasteiger partial charge in [0.25, 0.3) is 0 Å². The molecule has 1 aromatic carbocycles. The van der Waals surface area contributed by atoms with Crippen LogP contribution in [0.25, 0.3) is 0 Å². The van der Waals surface area contributed by atoms with E-state index in [4.69, 9.17) is 0 Å². The van der Waals surface area contributed by atoms with Crippen molar-refractivity contribution in [2.45, 2.75) is 32.6 Å². The van der Waals surface area contributed by atoms with Crippen LogP contribution in [0.3, 0.4) is 0 Å². The van der Waals surface area contributed by atoms with E-state index in [1.807, 2.05) is 20.9 Å². The monoisotopic (exact) mass is 297 g/mol. The van der Waals surface area contributed by atoms with Gasteiger partial charge in [-0.15, -0.1) is 0 Å². The van der Waals surface area contributed by atoms with Gasteiger partial charge in [-0.1, -0.05) is 18.2 Å². The topological polar surface area (TPSA) is 29.9 Å². The van der Waals surface area contributed by atoms with Crippen molar-refractivity contribution in [3.05, 3.63) is 52.8 Å². The molecule has 1 aromatic heterocycles. The Bertz CT molecular complexity index is 617. The highest BCUT2D eigenvalue weighted by atomic mass is 19.4. The molecule has 0 aliphatic rings. The van der Waals surface area contributed by atoms with Crippen molar-refractivity contribution in [2.24, 2.45) is 7.05 Å². The van der Waals surface area contributed by atoms with Gasteiger partial charge < -0.3 is 5.32 Å². The molecular weight excluding hydrogens is 279 g/mol. The van der Waals surface area contributed by atoms with Crippen LogP contribution in [0, 0.1) is 6.92 Å². The summed E-state index contributed by atoms with van der Waals surface area (Å²) in [5.41, 5.74) is 1.65. The summed E-state index contributed by atoms with van der Waals surface area (Å²) in [6.45, 7) is 4.01. The predicted octanol–water partition coefficient (Wildman–Crippen LogP) is 3.60. The molecule has 1 unspecified atom stereocenters. The molecule has 0 saturated heterocycles. The third-order valence-corrected chi connectivity index (χ3v) is 3.66. The Morgan fingerprint density at radius 2 is 1.95 bits per heavy atom. The quantitative estimate of drug-likeness (QED) is 0.934. The van der Waals surface area contributed by atoms with Crippen molar-refractivity contribution in [2.75, 3.05) is 0 Å². The highest BCUT2D eigenvalue weighted by Crippen LogP contribution is 2.32. The lowest BCUT2D eigenvalue weighted by molar-refractivity contribution is -0.138. The van der Waals surface area contributed by atoms with Gasteiger partial charge in [0.2, 0.25) is 0 Å². The van der Waals surface area contributed by atoms with Crippen LogP contribution in [-0.2, 0) is 19.8 Å². The third kappa shape index (κ3) is 3.44. The molecule has 2 rings (SSSR count). The van der Waals surface area contributed by atoms with E-state index in [0.717, 1.165) is 17.3 Å². The van der Waals surface area contributed by atoms with E-state index in [-0.39, 0.29) is 18.2 Å². The molecule has 0 fully saturated rings. The average Bonchev–Trinajstić information content (AvgIpc) is 2.76. The second kappa shape index (κ2) is 5.89. The van der Waals surface area contributed by atoms with Crippen LogP contribution in [0.2, 0.25) is 0 Å². The van der Waals surface area contributed by atoms with E-state index in [9.17, 15) is 13.2 Å². The Morgan fingerprint density at radius 3 is 2.52 bits per heavy atom. The van der Waals surface area contributed by atoms with Crippen LogP contribution in [0.5, 0.6) is 0 Å². The Morgan fingerprint density at radius 1 is 1.29 bits per heavy atom. The molecule has 21 heavy (non-hydrogen) atoms. The summed E-state index contributed by atoms with van der Waals surface area (Å²) in [4.78, 5) is 0. The van der Waals surface area contributed by atoms with E-state index in [1.54, 1.807) is 16.9 Å². The molecule has 0 radical (unpaired) electrons. The minimum absolute atomic E-state index is 0.0695. The maximum absolute atomic E-state index is 12.9. The number of alkyl halides is 3. The summed E-state index contributed by atoms with van der Waals surface area (Å²) in [5.74, 6) is 0. The lowest BCUT2D eigenvalue weighted by Gasteiger charge is -2.17. The molecule has 0 aliphatic heterocycles. The fourth-order valence-electron chi connectivity index (χ4n) is 2.26. The molecule has 0 bridgehead atoms. The van der Waals surface area contributed by atoms with Crippen molar-refractivity contribution in [3.8, 4) is 0 Å². The lowest BCUT2D eigenvalue weighted by atomic mass is 10.1. The van der Waals surface area contributed by atoms with Gasteiger partial charge in [-0.25, -0.2) is 0 Å². The molecule has 0 saturated carbocycles. The Hall–Kier alpha value is -1.82. The third-order valence-electron chi connectivity index (χ3n) is 3.66. The molecule has 1 atom stereocenters. The number of hydrogen-bond acceptors (Lipinski definition) is 2. The highest BCUT2D eigenvalue weighted by molar-refractivity contribution is 5.30. The summed E-state index contributed by atoms with van der Waals surface area (Å²) >= 11 is 0. The zero-order valence-corrected chi connectivity index (χ0v) is 12.2. The summed E-state index contributed by atoms with van der Waals surface area (Å²) < 4.78 is 40.5. The van der Waals surface area contributed by atoms with Crippen molar-refractivity contribution in [1.29, 1.82) is 0 Å². The largest absolute Gasteiger partial charge is 0.416 e. The van der Waals surface area contributed by atoms with Crippen LogP contribution < -0.4 is 5.32 Å². The second-order valence-electron chi connectivity index (χ2n) is 5.07. The van der Waals surface area contributed by atoms with Gasteiger partial charge in [0.1, 0.15) is 0 Å². The van der Waals surface area contributed by atoms with Gasteiger partial charge in [-0.3, -0.25) is 4.68 Å². The number of aryl methyl sites for hydroxylation is 1. The van der Waals surface area contributed by atoms with Crippen molar-refractivity contribution in [3.63, 3.8) is 0 Å². The molecule has 0 spiro atoms. The zero-order valence-electron chi connectivity index (χ0n) is 12.2. The van der Waals surface area contributed by atoms with Crippen molar-refractivity contribution < 1.29 is 13.2 Å². The van der Waals surface area contributed by atoms with Gasteiger partial charge in [0, 0.05) is 30.9 Å². The molecule has 1 N–H and O–H groups in total. The van der Waals surface area contributed by atoms with Crippen molar-refractivity contribution >= 4 is 0 Å². The Balaban J connectivity index is 2.12. The molecule has 1 heterocycles. The van der Waals surface area contributed by atoms with E-state index in [0.29, 0.717) is 0 Å².